The highest BCUT2D eigenvalue weighted by Crippen LogP contribution is 2.34. The molecule has 0 unspecified atom stereocenters. The van der Waals surface area contributed by atoms with Crippen molar-refractivity contribution in [2.45, 2.75) is 33.7 Å². The van der Waals surface area contributed by atoms with Gasteiger partial charge in [0.2, 0.25) is 0 Å². The van der Waals surface area contributed by atoms with E-state index in [-0.39, 0.29) is 6.04 Å². The maximum Gasteiger partial charge on any atom is 0.167 e. The van der Waals surface area contributed by atoms with Crippen molar-refractivity contribution in [3.05, 3.63) is 40.1 Å². The van der Waals surface area contributed by atoms with Crippen LogP contribution >= 0.6 is 0 Å². The first-order chi connectivity index (χ1) is 11.4. The van der Waals surface area contributed by atoms with Crippen LogP contribution in [0.25, 0.3) is 0 Å². The van der Waals surface area contributed by atoms with Crippen LogP contribution in [0.1, 0.15) is 40.9 Å². The Balaban J connectivity index is 2.39. The molecule has 1 aromatic heterocycles. The fraction of sp³-hybridized carbons (Fsp3) is 0.389. The van der Waals surface area contributed by atoms with E-state index in [2.05, 4.69) is 21.6 Å². The molecule has 2 rings (SSSR count). The number of hydrogen-bond donors (Lipinski definition) is 1. The van der Waals surface area contributed by atoms with Gasteiger partial charge in [-0.25, -0.2) is 0 Å². The van der Waals surface area contributed by atoms with E-state index in [0.717, 1.165) is 22.4 Å². The van der Waals surface area contributed by atoms with Gasteiger partial charge in [-0.15, -0.1) is 5.10 Å². The SMILES string of the molecule is COc1cc(C)c([C@H](C)Nc2nnc(C)c(C)c2C#N)cc1OC. The number of aryl methyl sites for hydroxylation is 2. The molecule has 0 aliphatic carbocycles. The number of nitrogens with zero attached hydrogens (tertiary/aromatic N) is 3. The molecule has 0 aliphatic heterocycles. The first-order valence-corrected chi connectivity index (χ1v) is 7.65. The van der Waals surface area contributed by atoms with Crippen molar-refractivity contribution in [1.82, 2.24) is 10.2 Å². The lowest BCUT2D eigenvalue weighted by atomic mass is 10.0. The summed E-state index contributed by atoms with van der Waals surface area (Å²) in [5.41, 5.74) is 4.21. The summed E-state index contributed by atoms with van der Waals surface area (Å²) in [6.45, 7) is 7.73. The van der Waals surface area contributed by atoms with Crippen LogP contribution in [0, 0.1) is 32.1 Å². The average molecular weight is 326 g/mol. The van der Waals surface area contributed by atoms with Crippen molar-refractivity contribution in [2.24, 2.45) is 0 Å². The van der Waals surface area contributed by atoms with Crippen LogP contribution in [-0.4, -0.2) is 24.4 Å². The number of hydrogen-bond acceptors (Lipinski definition) is 6. The number of nitriles is 1. The largest absolute Gasteiger partial charge is 0.493 e. The molecule has 0 aliphatic rings. The molecule has 1 atom stereocenters. The molecule has 0 saturated heterocycles. The molecule has 0 bridgehead atoms. The monoisotopic (exact) mass is 326 g/mol. The van der Waals surface area contributed by atoms with Gasteiger partial charge >= 0.3 is 0 Å². The second-order valence-electron chi connectivity index (χ2n) is 5.68. The summed E-state index contributed by atoms with van der Waals surface area (Å²) in [4.78, 5) is 0. The lowest BCUT2D eigenvalue weighted by Crippen LogP contribution is -2.13. The van der Waals surface area contributed by atoms with E-state index in [1.807, 2.05) is 39.8 Å². The van der Waals surface area contributed by atoms with Crippen molar-refractivity contribution in [2.75, 3.05) is 19.5 Å². The highest BCUT2D eigenvalue weighted by Gasteiger charge is 2.17. The number of aromatic nitrogens is 2. The molecule has 126 valence electrons. The third kappa shape index (κ3) is 3.25. The molecule has 0 radical (unpaired) electrons. The van der Waals surface area contributed by atoms with E-state index in [0.29, 0.717) is 22.9 Å². The number of methoxy groups -OCH3 is 2. The second-order valence-corrected chi connectivity index (χ2v) is 5.68. The number of rotatable bonds is 5. The molecular weight excluding hydrogens is 304 g/mol. The summed E-state index contributed by atoms with van der Waals surface area (Å²) in [6.07, 6.45) is 0. The van der Waals surface area contributed by atoms with Gasteiger partial charge < -0.3 is 14.8 Å². The summed E-state index contributed by atoms with van der Waals surface area (Å²) in [7, 11) is 3.22. The Morgan fingerprint density at radius 2 is 1.71 bits per heavy atom. The van der Waals surface area contributed by atoms with Crippen LogP contribution in [0.4, 0.5) is 5.82 Å². The Morgan fingerprint density at radius 1 is 1.08 bits per heavy atom. The molecule has 1 heterocycles. The molecule has 0 fully saturated rings. The highest BCUT2D eigenvalue weighted by atomic mass is 16.5. The van der Waals surface area contributed by atoms with Gasteiger partial charge in [-0.3, -0.25) is 0 Å². The Hall–Kier alpha value is -2.81. The molecule has 0 amide bonds. The topological polar surface area (TPSA) is 80.1 Å². The van der Waals surface area contributed by atoms with Gasteiger partial charge in [-0.05, 0) is 56.5 Å². The molecule has 1 N–H and O–H groups in total. The van der Waals surface area contributed by atoms with Gasteiger partial charge in [-0.1, -0.05) is 0 Å². The summed E-state index contributed by atoms with van der Waals surface area (Å²) in [5, 5.41) is 21.0. The van der Waals surface area contributed by atoms with E-state index in [4.69, 9.17) is 9.47 Å². The standard InChI is InChI=1S/C18H22N4O2/c1-10-7-16(23-5)17(24-6)8-14(10)13(4)20-18-15(9-19)11(2)12(3)21-22-18/h7-8,13H,1-6H3,(H,20,22)/t13-/m0/s1. The van der Waals surface area contributed by atoms with Gasteiger partial charge in [0.1, 0.15) is 11.6 Å². The van der Waals surface area contributed by atoms with Gasteiger partial charge in [0.25, 0.3) is 0 Å². The molecule has 0 spiro atoms. The van der Waals surface area contributed by atoms with Crippen LogP contribution in [0.3, 0.4) is 0 Å². The van der Waals surface area contributed by atoms with Crippen LogP contribution in [0.5, 0.6) is 11.5 Å². The highest BCUT2D eigenvalue weighted by molar-refractivity contribution is 5.57. The van der Waals surface area contributed by atoms with Gasteiger partial charge in [0, 0.05) is 0 Å². The number of anilines is 1. The predicted molar refractivity (Wildman–Crippen MR) is 92.5 cm³/mol. The molecular formula is C18H22N4O2. The van der Waals surface area contributed by atoms with E-state index in [1.54, 1.807) is 14.2 Å². The van der Waals surface area contributed by atoms with Crippen molar-refractivity contribution in [1.29, 1.82) is 5.26 Å². The molecule has 6 heteroatoms. The van der Waals surface area contributed by atoms with Crippen LogP contribution in [0.2, 0.25) is 0 Å². The van der Waals surface area contributed by atoms with Crippen LogP contribution < -0.4 is 14.8 Å². The maximum atomic E-state index is 9.42. The van der Waals surface area contributed by atoms with E-state index < -0.39 is 0 Å². The minimum absolute atomic E-state index is 0.0756. The zero-order valence-corrected chi connectivity index (χ0v) is 14.9. The average Bonchev–Trinajstić information content (AvgIpc) is 2.58. The third-order valence-electron chi connectivity index (χ3n) is 4.16. The Morgan fingerprint density at radius 3 is 2.29 bits per heavy atom. The quantitative estimate of drug-likeness (QED) is 0.906. The van der Waals surface area contributed by atoms with Crippen molar-refractivity contribution in [3.8, 4) is 17.6 Å². The lowest BCUT2D eigenvalue weighted by molar-refractivity contribution is 0.354. The summed E-state index contributed by atoms with van der Waals surface area (Å²) >= 11 is 0. The zero-order valence-electron chi connectivity index (χ0n) is 14.9. The third-order valence-corrected chi connectivity index (χ3v) is 4.16. The molecule has 2 aromatic rings. The summed E-state index contributed by atoms with van der Waals surface area (Å²) < 4.78 is 10.7. The molecule has 1 aromatic carbocycles. The maximum absolute atomic E-state index is 9.42. The van der Waals surface area contributed by atoms with Gasteiger partial charge in [-0.2, -0.15) is 10.4 Å². The second kappa shape index (κ2) is 7.18. The van der Waals surface area contributed by atoms with Gasteiger partial charge in [0.05, 0.1) is 26.0 Å². The Labute approximate surface area is 142 Å². The van der Waals surface area contributed by atoms with E-state index in [1.165, 1.54) is 0 Å². The van der Waals surface area contributed by atoms with Crippen molar-refractivity contribution in [3.63, 3.8) is 0 Å². The smallest absolute Gasteiger partial charge is 0.167 e. The Bertz CT molecular complexity index is 797. The zero-order chi connectivity index (χ0) is 17.9. The summed E-state index contributed by atoms with van der Waals surface area (Å²) in [5.74, 6) is 1.84. The Kier molecular flexibility index (Phi) is 5.24. The fourth-order valence-corrected chi connectivity index (χ4v) is 2.59. The van der Waals surface area contributed by atoms with Crippen molar-refractivity contribution >= 4 is 5.82 Å². The molecule has 24 heavy (non-hydrogen) atoms. The first-order valence-electron chi connectivity index (χ1n) is 7.65. The minimum Gasteiger partial charge on any atom is -0.493 e. The van der Waals surface area contributed by atoms with E-state index in [9.17, 15) is 5.26 Å². The number of nitrogens with one attached hydrogen (secondary N) is 1. The summed E-state index contributed by atoms with van der Waals surface area (Å²) in [6, 6.07) is 6.00. The van der Waals surface area contributed by atoms with Crippen molar-refractivity contribution < 1.29 is 9.47 Å². The van der Waals surface area contributed by atoms with Crippen LogP contribution in [-0.2, 0) is 0 Å². The molecule has 6 nitrogen and oxygen atoms in total. The molecule has 0 saturated carbocycles. The minimum atomic E-state index is -0.0756. The van der Waals surface area contributed by atoms with Gasteiger partial charge in [0.15, 0.2) is 17.3 Å². The first kappa shape index (κ1) is 17.5. The predicted octanol–water partition coefficient (Wildman–Crippen LogP) is 3.46. The number of ether oxygens (including phenoxy) is 2. The van der Waals surface area contributed by atoms with Crippen LogP contribution in [0.15, 0.2) is 12.1 Å². The normalized spacial score (nSPS) is 11.5. The number of benzene rings is 1. The van der Waals surface area contributed by atoms with E-state index >= 15 is 0 Å². The lowest BCUT2D eigenvalue weighted by Gasteiger charge is -2.20. The fourth-order valence-electron chi connectivity index (χ4n) is 2.59.